The molecular formula is C29H38O6. The Morgan fingerprint density at radius 1 is 0.914 bits per heavy atom. The number of allylic oxidation sites excluding steroid dienone is 2. The standard InChI is InChI=1S/C29H38O6/c1-12-10-17-20-19(11-18-21(20)27(4,32)8-6-15-13(2)25(30)34-22(15)18)29(12)23(17)28(5,33)9-7-16-14(3)26(31)35-24(16)29/h10-11,13-17,19-24,32-33H,6-9H2,1-5H3. The second-order valence-corrected chi connectivity index (χ2v) is 13.5. The number of esters is 2. The molecule has 190 valence electrons. The molecule has 2 saturated heterocycles. The van der Waals surface area contributed by atoms with Gasteiger partial charge >= 0.3 is 11.9 Å². The second kappa shape index (κ2) is 6.61. The van der Waals surface area contributed by atoms with E-state index < -0.39 is 16.6 Å². The Morgan fingerprint density at radius 3 is 2.29 bits per heavy atom. The molecule has 0 amide bonds. The molecule has 6 heteroatoms. The summed E-state index contributed by atoms with van der Waals surface area (Å²) in [6, 6.07) is 0. The first kappa shape index (κ1) is 22.5. The van der Waals surface area contributed by atoms with Crippen molar-refractivity contribution < 1.29 is 29.3 Å². The van der Waals surface area contributed by atoms with E-state index in [9.17, 15) is 19.8 Å². The SMILES string of the molecule is CC1=CC2C3C4C(=CC3C13C1OC(=O)C(C)C1CCC(C)(O)C23)C1OC(=O)C(C)C1CCC4(C)O. The number of carbonyl (C=O) groups is 2. The predicted molar refractivity (Wildman–Crippen MR) is 127 cm³/mol. The maximum atomic E-state index is 12.9. The minimum absolute atomic E-state index is 0.0394. The fourth-order valence-electron chi connectivity index (χ4n) is 10.5. The minimum atomic E-state index is -0.922. The summed E-state index contributed by atoms with van der Waals surface area (Å²) in [5.74, 6) is -0.434. The van der Waals surface area contributed by atoms with Crippen LogP contribution in [0.4, 0.5) is 0 Å². The second-order valence-electron chi connectivity index (χ2n) is 13.5. The van der Waals surface area contributed by atoms with Crippen LogP contribution in [0.3, 0.4) is 0 Å². The van der Waals surface area contributed by atoms with Gasteiger partial charge in [0.05, 0.1) is 23.0 Å². The number of carbonyl (C=O) groups excluding carboxylic acids is 2. The number of aliphatic hydroxyl groups is 2. The van der Waals surface area contributed by atoms with Gasteiger partial charge in [0.2, 0.25) is 0 Å². The summed E-state index contributed by atoms with van der Waals surface area (Å²) >= 11 is 0. The van der Waals surface area contributed by atoms with Crippen LogP contribution in [0.1, 0.15) is 60.3 Å². The van der Waals surface area contributed by atoms with Gasteiger partial charge in [-0.1, -0.05) is 31.6 Å². The highest BCUT2D eigenvalue weighted by molar-refractivity contribution is 5.76. The molecule has 5 fully saturated rings. The number of rotatable bonds is 0. The number of hydrogen-bond donors (Lipinski definition) is 2. The topological polar surface area (TPSA) is 93.1 Å². The molecule has 3 saturated carbocycles. The van der Waals surface area contributed by atoms with Crippen molar-refractivity contribution in [2.45, 2.75) is 83.7 Å². The van der Waals surface area contributed by atoms with Crippen LogP contribution in [-0.4, -0.2) is 45.6 Å². The molecule has 35 heavy (non-hydrogen) atoms. The van der Waals surface area contributed by atoms with E-state index in [0.29, 0.717) is 12.8 Å². The van der Waals surface area contributed by atoms with Crippen LogP contribution < -0.4 is 0 Å². The van der Waals surface area contributed by atoms with Gasteiger partial charge in [-0.25, -0.2) is 0 Å². The molecular weight excluding hydrogens is 444 g/mol. The fraction of sp³-hybridized carbons (Fsp3) is 0.793. The lowest BCUT2D eigenvalue weighted by Crippen LogP contribution is -2.50. The van der Waals surface area contributed by atoms with E-state index in [1.807, 2.05) is 27.7 Å². The van der Waals surface area contributed by atoms with Gasteiger partial charge in [0.15, 0.2) is 0 Å². The van der Waals surface area contributed by atoms with Gasteiger partial charge in [0.25, 0.3) is 0 Å². The first-order chi connectivity index (χ1) is 16.4. The van der Waals surface area contributed by atoms with E-state index in [1.54, 1.807) is 0 Å². The van der Waals surface area contributed by atoms with Gasteiger partial charge in [-0.3, -0.25) is 9.59 Å². The Balaban J connectivity index is 1.43. The van der Waals surface area contributed by atoms with Crippen molar-refractivity contribution in [3.8, 4) is 0 Å². The van der Waals surface area contributed by atoms with Crippen LogP contribution in [-0.2, 0) is 19.1 Å². The molecule has 5 aliphatic carbocycles. The lowest BCUT2D eigenvalue weighted by molar-refractivity contribution is -0.153. The van der Waals surface area contributed by atoms with Gasteiger partial charge in [-0.05, 0) is 69.8 Å². The van der Waals surface area contributed by atoms with Crippen LogP contribution in [0.15, 0.2) is 23.3 Å². The highest BCUT2D eigenvalue weighted by Gasteiger charge is 2.77. The van der Waals surface area contributed by atoms with Crippen molar-refractivity contribution in [3.63, 3.8) is 0 Å². The summed E-state index contributed by atoms with van der Waals surface area (Å²) in [7, 11) is 0. The molecule has 0 aromatic rings. The monoisotopic (exact) mass is 482 g/mol. The van der Waals surface area contributed by atoms with Crippen LogP contribution in [0.25, 0.3) is 0 Å². The first-order valence-corrected chi connectivity index (χ1v) is 13.7. The summed E-state index contributed by atoms with van der Waals surface area (Å²) in [6.45, 7) is 10.0. The Labute approximate surface area is 207 Å². The quantitative estimate of drug-likeness (QED) is 0.406. The van der Waals surface area contributed by atoms with Crippen molar-refractivity contribution in [2.75, 3.05) is 0 Å². The maximum absolute atomic E-state index is 12.9. The maximum Gasteiger partial charge on any atom is 0.309 e. The average Bonchev–Trinajstić information content (AvgIpc) is 3.49. The zero-order chi connectivity index (χ0) is 24.8. The highest BCUT2D eigenvalue weighted by Crippen LogP contribution is 2.76. The van der Waals surface area contributed by atoms with Crippen molar-refractivity contribution >= 4 is 11.9 Å². The van der Waals surface area contributed by atoms with Crippen LogP contribution >= 0.6 is 0 Å². The molecule has 2 N–H and O–H groups in total. The van der Waals surface area contributed by atoms with Crippen LogP contribution in [0.5, 0.6) is 0 Å². The molecule has 7 aliphatic rings. The van der Waals surface area contributed by atoms with E-state index in [4.69, 9.17) is 9.47 Å². The third-order valence-corrected chi connectivity index (χ3v) is 12.0. The van der Waals surface area contributed by atoms with Crippen LogP contribution in [0.2, 0.25) is 0 Å². The fourth-order valence-corrected chi connectivity index (χ4v) is 10.5. The molecule has 14 unspecified atom stereocenters. The summed E-state index contributed by atoms with van der Waals surface area (Å²) in [5, 5.41) is 23.9. The van der Waals surface area contributed by atoms with E-state index >= 15 is 0 Å². The Kier molecular flexibility index (Phi) is 4.25. The lowest BCUT2D eigenvalue weighted by Gasteiger charge is -2.46. The highest BCUT2D eigenvalue weighted by atomic mass is 16.6. The normalized spacial score (nSPS) is 59.8. The predicted octanol–water partition coefficient (Wildman–Crippen LogP) is 3.41. The van der Waals surface area contributed by atoms with Crippen molar-refractivity contribution in [3.05, 3.63) is 23.3 Å². The number of ether oxygens (including phenoxy) is 2. The van der Waals surface area contributed by atoms with Crippen molar-refractivity contribution in [1.29, 1.82) is 0 Å². The summed E-state index contributed by atoms with van der Waals surface area (Å²) in [6.07, 6.45) is 6.90. The van der Waals surface area contributed by atoms with E-state index in [0.717, 1.165) is 18.4 Å². The zero-order valence-electron chi connectivity index (χ0n) is 21.4. The summed E-state index contributed by atoms with van der Waals surface area (Å²) in [4.78, 5) is 25.5. The van der Waals surface area contributed by atoms with E-state index in [1.165, 1.54) is 5.57 Å². The van der Waals surface area contributed by atoms with Gasteiger partial charge in [-0.15, -0.1) is 0 Å². The molecule has 7 rings (SSSR count). The summed E-state index contributed by atoms with van der Waals surface area (Å²) in [5.41, 5.74) is -0.00182. The molecule has 14 atom stereocenters. The molecule has 0 aromatic carbocycles. The average molecular weight is 483 g/mol. The zero-order valence-corrected chi connectivity index (χ0v) is 21.4. The third kappa shape index (κ3) is 2.45. The van der Waals surface area contributed by atoms with Crippen molar-refractivity contribution in [2.24, 2.45) is 58.7 Å². The number of fused-ring (bicyclic) bond motifs is 7. The van der Waals surface area contributed by atoms with Gasteiger partial charge in [0, 0.05) is 29.1 Å². The van der Waals surface area contributed by atoms with Gasteiger partial charge < -0.3 is 19.7 Å². The minimum Gasteiger partial charge on any atom is -0.461 e. The van der Waals surface area contributed by atoms with E-state index in [2.05, 4.69) is 19.1 Å². The molecule has 6 nitrogen and oxygen atoms in total. The molecule has 0 aromatic heterocycles. The molecule has 2 aliphatic heterocycles. The Hall–Kier alpha value is -1.66. The molecule has 0 radical (unpaired) electrons. The Bertz CT molecular complexity index is 1080. The molecule has 2 bridgehead atoms. The first-order valence-electron chi connectivity index (χ1n) is 13.7. The number of hydrogen-bond acceptors (Lipinski definition) is 6. The summed E-state index contributed by atoms with van der Waals surface area (Å²) < 4.78 is 12.2. The third-order valence-electron chi connectivity index (χ3n) is 12.0. The molecule has 2 heterocycles. The van der Waals surface area contributed by atoms with E-state index in [-0.39, 0.29) is 77.4 Å². The lowest BCUT2D eigenvalue weighted by atomic mass is 9.59. The van der Waals surface area contributed by atoms with Crippen LogP contribution in [0, 0.1) is 58.7 Å². The smallest absolute Gasteiger partial charge is 0.309 e. The Morgan fingerprint density at radius 2 is 1.54 bits per heavy atom. The van der Waals surface area contributed by atoms with Crippen molar-refractivity contribution in [1.82, 2.24) is 0 Å². The molecule has 0 spiro atoms. The largest absolute Gasteiger partial charge is 0.461 e. The van der Waals surface area contributed by atoms with Gasteiger partial charge in [-0.2, -0.15) is 0 Å². The van der Waals surface area contributed by atoms with Gasteiger partial charge in [0.1, 0.15) is 12.2 Å².